The van der Waals surface area contributed by atoms with Crippen LogP contribution in [0.5, 0.6) is 0 Å². The van der Waals surface area contributed by atoms with Gasteiger partial charge in [0.25, 0.3) is 0 Å². The average Bonchev–Trinajstić information content (AvgIpc) is 2.75. The fraction of sp³-hybridized carbons (Fsp3) is 0.944. The number of carbonyl (C=O) groups is 2. The van der Waals surface area contributed by atoms with E-state index in [1.165, 1.54) is 19.3 Å². The first-order chi connectivity index (χ1) is 18.4. The first kappa shape index (κ1) is 44.7. The zero-order chi connectivity index (χ0) is 32.9. The van der Waals surface area contributed by atoms with E-state index in [4.69, 9.17) is 14.2 Å². The molecular weight excluding hydrogens is 512 g/mol. The van der Waals surface area contributed by atoms with Crippen molar-refractivity contribution in [3.05, 3.63) is 0 Å². The molecule has 248 valence electrons. The largest absolute Gasteiger partial charge is 0.381 e. The summed E-state index contributed by atoms with van der Waals surface area (Å²) in [4.78, 5) is 23.0. The Morgan fingerprint density at radius 2 is 0.976 bits per heavy atom. The molecule has 0 aromatic rings. The summed E-state index contributed by atoms with van der Waals surface area (Å²) in [5, 5.41) is 0. The second-order valence-corrected chi connectivity index (χ2v) is 16.8. The third-order valence-corrected chi connectivity index (χ3v) is 6.05. The molecule has 0 amide bonds. The van der Waals surface area contributed by atoms with Gasteiger partial charge in [0.2, 0.25) is 0 Å². The Balaban J connectivity index is -0.000000532. The highest BCUT2D eigenvalue weighted by atomic mass is 16.5. The predicted octanol–water partition coefficient (Wildman–Crippen LogP) is 9.98. The molecular formula is C36H74O5. The van der Waals surface area contributed by atoms with Crippen molar-refractivity contribution in [3.63, 3.8) is 0 Å². The van der Waals surface area contributed by atoms with Gasteiger partial charge in [-0.15, -0.1) is 0 Å². The van der Waals surface area contributed by atoms with Crippen molar-refractivity contribution in [2.24, 2.45) is 33.5 Å². The van der Waals surface area contributed by atoms with Crippen LogP contribution in [0.25, 0.3) is 0 Å². The molecule has 0 aliphatic carbocycles. The molecule has 5 nitrogen and oxygen atoms in total. The monoisotopic (exact) mass is 587 g/mol. The van der Waals surface area contributed by atoms with Crippen LogP contribution in [0.15, 0.2) is 0 Å². The van der Waals surface area contributed by atoms with E-state index in [1.807, 2.05) is 41.5 Å². The van der Waals surface area contributed by atoms with Crippen LogP contribution in [0.3, 0.4) is 0 Å². The van der Waals surface area contributed by atoms with Gasteiger partial charge < -0.3 is 14.2 Å². The standard InChI is InChI=1S/C13H26O2.C12H24O2.C11H24O/c1-12(2,3)8-10-15-9-7-11(14)13(4,5)6;1-10(2)7-6-8-14-9-11(13)12(3,4)5;1-10(2)7-6-8-12-9-11(3,4)5/h7-10H2,1-6H3;10H,6-9H2,1-5H3;10H,6-9H2,1-5H3. The van der Waals surface area contributed by atoms with Gasteiger partial charge in [0.15, 0.2) is 5.78 Å². The Morgan fingerprint density at radius 3 is 1.34 bits per heavy atom. The molecule has 0 saturated heterocycles. The SMILES string of the molecule is CC(C)(C)CCOCCC(=O)C(C)(C)C.CC(C)CCCOCC(=O)C(C)(C)C.CC(C)CCCOCC(C)(C)C. The van der Waals surface area contributed by atoms with E-state index in [0.29, 0.717) is 30.5 Å². The van der Waals surface area contributed by atoms with Crippen LogP contribution in [0.4, 0.5) is 0 Å². The number of rotatable bonds is 16. The molecule has 0 aliphatic rings. The Kier molecular flexibility index (Phi) is 24.7. The molecule has 0 aromatic heterocycles. The van der Waals surface area contributed by atoms with Crippen molar-refractivity contribution in [2.75, 3.05) is 39.6 Å². The summed E-state index contributed by atoms with van der Waals surface area (Å²) >= 11 is 0. The van der Waals surface area contributed by atoms with Gasteiger partial charge in [-0.2, -0.15) is 0 Å². The Hall–Kier alpha value is -0.780. The van der Waals surface area contributed by atoms with Crippen LogP contribution < -0.4 is 0 Å². The lowest BCUT2D eigenvalue weighted by atomic mass is 9.89. The fourth-order valence-corrected chi connectivity index (χ4v) is 2.97. The second-order valence-electron chi connectivity index (χ2n) is 16.8. The fourth-order valence-electron chi connectivity index (χ4n) is 2.97. The zero-order valence-corrected chi connectivity index (χ0v) is 30.7. The lowest BCUT2D eigenvalue weighted by molar-refractivity contribution is -0.131. The van der Waals surface area contributed by atoms with Crippen molar-refractivity contribution in [1.29, 1.82) is 0 Å². The molecule has 0 aromatic carbocycles. The highest BCUT2D eigenvalue weighted by Crippen LogP contribution is 2.19. The molecule has 0 bridgehead atoms. The number of ether oxygens (including phenoxy) is 3. The van der Waals surface area contributed by atoms with Gasteiger partial charge in [0.1, 0.15) is 12.4 Å². The summed E-state index contributed by atoms with van der Waals surface area (Å²) in [6, 6.07) is 0. The van der Waals surface area contributed by atoms with Gasteiger partial charge in [-0.05, 0) is 54.8 Å². The molecule has 41 heavy (non-hydrogen) atoms. The van der Waals surface area contributed by atoms with E-state index in [9.17, 15) is 9.59 Å². The Labute approximate surface area is 257 Å². The van der Waals surface area contributed by atoms with Gasteiger partial charge in [0.05, 0.1) is 13.2 Å². The third kappa shape index (κ3) is 39.2. The summed E-state index contributed by atoms with van der Waals surface area (Å²) in [5.41, 5.74) is 0.136. The number of Topliss-reactive ketones (excluding diaryl/α,β-unsaturated/α-hetero) is 2. The summed E-state index contributed by atoms with van der Waals surface area (Å²) < 4.78 is 16.3. The maximum atomic E-state index is 11.5. The van der Waals surface area contributed by atoms with Gasteiger partial charge >= 0.3 is 0 Å². The lowest BCUT2D eigenvalue weighted by Gasteiger charge is -2.19. The molecule has 0 aliphatic heterocycles. The first-order valence-electron chi connectivity index (χ1n) is 16.2. The van der Waals surface area contributed by atoms with Crippen LogP contribution in [-0.2, 0) is 23.8 Å². The third-order valence-electron chi connectivity index (χ3n) is 6.05. The van der Waals surface area contributed by atoms with Crippen molar-refractivity contribution in [2.45, 2.75) is 149 Å². The van der Waals surface area contributed by atoms with Crippen molar-refractivity contribution < 1.29 is 23.8 Å². The first-order valence-corrected chi connectivity index (χ1v) is 16.2. The number of ketones is 2. The molecule has 0 saturated carbocycles. The topological polar surface area (TPSA) is 61.8 Å². The molecule has 5 heteroatoms. The van der Waals surface area contributed by atoms with Gasteiger partial charge in [-0.3, -0.25) is 9.59 Å². The summed E-state index contributed by atoms with van der Waals surface area (Å²) in [7, 11) is 0. The van der Waals surface area contributed by atoms with Crippen LogP contribution in [0.1, 0.15) is 149 Å². The molecule has 0 heterocycles. The van der Waals surface area contributed by atoms with E-state index in [-0.39, 0.29) is 29.0 Å². The summed E-state index contributed by atoms with van der Waals surface area (Å²) in [6.07, 6.45) is 6.28. The lowest BCUT2D eigenvalue weighted by Crippen LogP contribution is -2.25. The summed E-state index contributed by atoms with van der Waals surface area (Å²) in [5.74, 6) is 1.99. The van der Waals surface area contributed by atoms with Crippen LogP contribution in [-0.4, -0.2) is 51.2 Å². The van der Waals surface area contributed by atoms with Crippen molar-refractivity contribution >= 4 is 11.6 Å². The van der Waals surface area contributed by atoms with Gasteiger partial charge in [0, 0.05) is 37.1 Å². The number of hydrogen-bond acceptors (Lipinski definition) is 5. The smallest absolute Gasteiger partial charge is 0.163 e. The normalized spacial score (nSPS) is 12.5. The minimum atomic E-state index is -0.266. The van der Waals surface area contributed by atoms with E-state index < -0.39 is 0 Å². The van der Waals surface area contributed by atoms with Gasteiger partial charge in [-0.25, -0.2) is 0 Å². The number of hydrogen-bond donors (Lipinski definition) is 0. The maximum absolute atomic E-state index is 11.5. The molecule has 0 spiro atoms. The highest BCUT2D eigenvalue weighted by molar-refractivity contribution is 5.84. The van der Waals surface area contributed by atoms with E-state index >= 15 is 0 Å². The van der Waals surface area contributed by atoms with Crippen LogP contribution in [0.2, 0.25) is 0 Å². The van der Waals surface area contributed by atoms with E-state index in [1.54, 1.807) is 0 Å². The zero-order valence-electron chi connectivity index (χ0n) is 30.7. The Bertz CT molecular complexity index is 637. The van der Waals surface area contributed by atoms with E-state index in [2.05, 4.69) is 69.2 Å². The maximum Gasteiger partial charge on any atom is 0.163 e. The van der Waals surface area contributed by atoms with Gasteiger partial charge in [-0.1, -0.05) is 111 Å². The van der Waals surface area contributed by atoms with Crippen molar-refractivity contribution in [1.82, 2.24) is 0 Å². The molecule has 0 atom stereocenters. The van der Waals surface area contributed by atoms with Crippen LogP contribution >= 0.6 is 0 Å². The van der Waals surface area contributed by atoms with Crippen molar-refractivity contribution in [3.8, 4) is 0 Å². The quantitative estimate of drug-likeness (QED) is 0.168. The molecule has 0 rings (SSSR count). The number of carbonyl (C=O) groups excluding carboxylic acids is 2. The predicted molar refractivity (Wildman–Crippen MR) is 178 cm³/mol. The average molecular weight is 587 g/mol. The Morgan fingerprint density at radius 1 is 0.537 bits per heavy atom. The minimum Gasteiger partial charge on any atom is -0.381 e. The molecule has 0 unspecified atom stereocenters. The van der Waals surface area contributed by atoms with Crippen LogP contribution in [0, 0.1) is 33.5 Å². The second kappa shape index (κ2) is 22.7. The highest BCUT2D eigenvalue weighted by Gasteiger charge is 2.21. The molecule has 0 radical (unpaired) electrons. The molecule has 0 N–H and O–H groups in total. The molecule has 0 fully saturated rings. The minimum absolute atomic E-state index is 0.182. The summed E-state index contributed by atoms with van der Waals surface area (Å²) in [6.45, 7) is 37.8. The van der Waals surface area contributed by atoms with E-state index in [0.717, 1.165) is 44.5 Å².